The molecule has 0 saturated carbocycles. The molecule has 0 heterocycles. The first-order chi connectivity index (χ1) is 4.18. The summed E-state index contributed by atoms with van der Waals surface area (Å²) in [5.74, 6) is 1.38. The van der Waals surface area contributed by atoms with Crippen LogP contribution in [0.3, 0.4) is 0 Å². The number of rotatable bonds is 4. The summed E-state index contributed by atoms with van der Waals surface area (Å²) < 4.78 is 16.1. The molecule has 0 aromatic carbocycles. The summed E-state index contributed by atoms with van der Waals surface area (Å²) >= 11 is 1.21. The number of hydrogen-bond acceptors (Lipinski definition) is 3. The zero-order chi connectivity index (χ0) is 7.33. The Balaban J connectivity index is 3.93. The lowest BCUT2D eigenvalue weighted by Gasteiger charge is -2.07. The summed E-state index contributed by atoms with van der Waals surface area (Å²) in [7, 11) is 0. The lowest BCUT2D eigenvalue weighted by molar-refractivity contribution is 0.352. The van der Waals surface area contributed by atoms with Gasteiger partial charge in [-0.1, -0.05) is 18.0 Å². The third-order valence-electron chi connectivity index (χ3n) is 0.787. The van der Waals surface area contributed by atoms with E-state index in [2.05, 4.69) is 6.58 Å². The average Bonchev–Trinajstić information content (AvgIpc) is 1.89. The van der Waals surface area contributed by atoms with Crippen LogP contribution in [0.25, 0.3) is 0 Å². The van der Waals surface area contributed by atoms with E-state index in [1.807, 2.05) is 6.92 Å². The molecule has 0 aromatic heterocycles. The van der Waals surface area contributed by atoms with Crippen molar-refractivity contribution in [3.05, 3.63) is 12.4 Å². The van der Waals surface area contributed by atoms with Crippen molar-refractivity contribution >= 4 is 18.0 Å². The van der Waals surface area contributed by atoms with Gasteiger partial charge in [-0.2, -0.15) is 0 Å². The van der Waals surface area contributed by atoms with Gasteiger partial charge < -0.3 is 4.52 Å². The first-order valence-electron chi connectivity index (χ1n) is 2.62. The summed E-state index contributed by atoms with van der Waals surface area (Å²) in [4.78, 5) is 0. The Kier molecular flexibility index (Phi) is 4.28. The van der Waals surface area contributed by atoms with Crippen molar-refractivity contribution in [2.75, 3.05) is 12.9 Å². The highest BCUT2D eigenvalue weighted by atomic mass is 32.7. The Morgan fingerprint density at radius 2 is 2.44 bits per heavy atom. The van der Waals surface area contributed by atoms with Crippen molar-refractivity contribution in [2.45, 2.75) is 6.92 Å². The predicted octanol–water partition coefficient (Wildman–Crippen LogP) is 2.72. The van der Waals surface area contributed by atoms with Crippen LogP contribution in [0.4, 0.5) is 0 Å². The molecule has 1 atom stereocenters. The third kappa shape index (κ3) is 3.09. The minimum atomic E-state index is -2.50. The van der Waals surface area contributed by atoms with Crippen LogP contribution in [0.15, 0.2) is 12.4 Å². The van der Waals surface area contributed by atoms with Gasteiger partial charge in [-0.25, -0.2) is 0 Å². The Morgan fingerprint density at radius 3 is 2.56 bits per heavy atom. The summed E-state index contributed by atoms with van der Waals surface area (Å²) in [5, 5.41) is 0. The van der Waals surface area contributed by atoms with E-state index in [1.54, 1.807) is 6.26 Å². The maximum absolute atomic E-state index is 11.2. The molecule has 0 aromatic rings. The molecule has 0 N–H and O–H groups in total. The van der Waals surface area contributed by atoms with Gasteiger partial charge in [0.15, 0.2) is 0 Å². The van der Waals surface area contributed by atoms with Crippen LogP contribution in [0, 0.1) is 0 Å². The lowest BCUT2D eigenvalue weighted by Crippen LogP contribution is -1.80. The second-order valence-corrected chi connectivity index (χ2v) is 6.01. The van der Waals surface area contributed by atoms with E-state index in [1.165, 1.54) is 17.2 Å². The lowest BCUT2D eigenvalue weighted by atomic mass is 10.9. The van der Waals surface area contributed by atoms with Crippen molar-refractivity contribution in [1.82, 2.24) is 0 Å². The average molecular weight is 166 g/mol. The smallest absolute Gasteiger partial charge is 0.279 e. The van der Waals surface area contributed by atoms with E-state index in [4.69, 9.17) is 4.52 Å². The highest BCUT2D eigenvalue weighted by Gasteiger charge is 2.14. The molecule has 4 heteroatoms. The second kappa shape index (κ2) is 4.15. The van der Waals surface area contributed by atoms with Crippen molar-refractivity contribution in [3.63, 3.8) is 0 Å². The molecular weight excluding hydrogens is 155 g/mol. The maximum atomic E-state index is 11.2. The van der Waals surface area contributed by atoms with Gasteiger partial charge in [0, 0.05) is 5.82 Å². The van der Waals surface area contributed by atoms with Crippen molar-refractivity contribution in [3.8, 4) is 0 Å². The molecule has 0 rings (SSSR count). The predicted molar refractivity (Wildman–Crippen MR) is 42.9 cm³/mol. The minimum Gasteiger partial charge on any atom is -0.319 e. The molecule has 54 valence electrons. The van der Waals surface area contributed by atoms with Crippen molar-refractivity contribution in [2.24, 2.45) is 0 Å². The highest BCUT2D eigenvalue weighted by molar-refractivity contribution is 8.57. The van der Waals surface area contributed by atoms with Crippen LogP contribution in [-0.4, -0.2) is 12.9 Å². The number of hydrogen-bond donors (Lipinski definition) is 0. The van der Waals surface area contributed by atoms with Gasteiger partial charge in [-0.05, 0) is 13.2 Å². The fourth-order valence-electron chi connectivity index (χ4n) is 0.360. The third-order valence-corrected chi connectivity index (χ3v) is 4.65. The van der Waals surface area contributed by atoms with E-state index in [9.17, 15) is 4.57 Å². The summed E-state index contributed by atoms with van der Waals surface area (Å²) in [5.41, 5.74) is 0. The molecule has 9 heavy (non-hydrogen) atoms. The van der Waals surface area contributed by atoms with Crippen LogP contribution in [0.2, 0.25) is 0 Å². The summed E-state index contributed by atoms with van der Waals surface area (Å²) in [6.45, 7) is 3.20. The quantitative estimate of drug-likeness (QED) is 0.600. The van der Waals surface area contributed by atoms with E-state index < -0.39 is 6.57 Å². The first kappa shape index (κ1) is 9.28. The molecule has 0 aliphatic carbocycles. The van der Waals surface area contributed by atoms with Crippen LogP contribution < -0.4 is 0 Å². The second-order valence-electron chi connectivity index (χ2n) is 1.32. The van der Waals surface area contributed by atoms with E-state index in [0.717, 1.165) is 0 Å². The van der Waals surface area contributed by atoms with E-state index in [-0.39, 0.29) is 0 Å². The topological polar surface area (TPSA) is 26.3 Å². The maximum Gasteiger partial charge on any atom is 0.279 e. The minimum absolute atomic E-state index is 0.476. The fourth-order valence-corrected chi connectivity index (χ4v) is 2.16. The van der Waals surface area contributed by atoms with Gasteiger partial charge >= 0.3 is 0 Å². The van der Waals surface area contributed by atoms with Crippen molar-refractivity contribution < 1.29 is 9.09 Å². The monoisotopic (exact) mass is 166 g/mol. The molecule has 0 bridgehead atoms. The van der Waals surface area contributed by atoms with Gasteiger partial charge in [-0.3, -0.25) is 4.57 Å². The van der Waals surface area contributed by atoms with Gasteiger partial charge in [0.25, 0.3) is 6.57 Å². The Hall–Kier alpha value is 0.280. The zero-order valence-corrected chi connectivity index (χ0v) is 7.37. The van der Waals surface area contributed by atoms with E-state index in [0.29, 0.717) is 6.61 Å². The normalized spacial score (nSPS) is 16.7. The molecule has 0 fully saturated rings. The largest absolute Gasteiger partial charge is 0.319 e. The van der Waals surface area contributed by atoms with Crippen LogP contribution in [0.1, 0.15) is 6.92 Å². The molecule has 2 nitrogen and oxygen atoms in total. The van der Waals surface area contributed by atoms with Crippen LogP contribution in [0.5, 0.6) is 0 Å². The van der Waals surface area contributed by atoms with Crippen LogP contribution in [-0.2, 0) is 9.09 Å². The molecule has 0 spiro atoms. The summed E-state index contributed by atoms with van der Waals surface area (Å²) in [6, 6.07) is 0. The molecule has 0 aliphatic heterocycles. The van der Waals surface area contributed by atoms with Crippen LogP contribution >= 0.6 is 18.0 Å². The fraction of sp³-hybridized carbons (Fsp3) is 0.600. The Morgan fingerprint density at radius 1 is 1.89 bits per heavy atom. The van der Waals surface area contributed by atoms with E-state index >= 15 is 0 Å². The Bertz CT molecular complexity index is 135. The molecule has 0 saturated heterocycles. The first-order valence-corrected chi connectivity index (χ1v) is 6.14. The standard InChI is InChI=1S/C5H11O2PS/c1-4-7-8(6,5-2)9-3/h5H,2,4H2,1,3H3. The van der Waals surface area contributed by atoms with Gasteiger partial charge in [0.1, 0.15) is 0 Å². The zero-order valence-electron chi connectivity index (χ0n) is 5.66. The Labute approximate surface area is 59.9 Å². The molecule has 0 radical (unpaired) electrons. The molecule has 0 aliphatic rings. The van der Waals surface area contributed by atoms with Crippen molar-refractivity contribution in [1.29, 1.82) is 0 Å². The highest BCUT2D eigenvalue weighted by Crippen LogP contribution is 2.58. The summed E-state index contributed by atoms with van der Waals surface area (Å²) in [6.07, 6.45) is 1.75. The molecular formula is C5H11O2PS. The molecule has 0 amide bonds. The SMILES string of the molecule is C=CP(=O)(OCC)SC. The molecule has 1 unspecified atom stereocenters. The van der Waals surface area contributed by atoms with Gasteiger partial charge in [0.2, 0.25) is 0 Å². The van der Waals surface area contributed by atoms with Gasteiger partial charge in [0.05, 0.1) is 6.61 Å². The van der Waals surface area contributed by atoms with Gasteiger partial charge in [-0.15, -0.1) is 0 Å².